The van der Waals surface area contributed by atoms with Crippen LogP contribution in [-0.4, -0.2) is 103 Å². The van der Waals surface area contributed by atoms with E-state index in [2.05, 4.69) is 99.0 Å². The minimum atomic E-state index is -2.33. The maximum atomic E-state index is 13.6. The first-order valence-electron chi connectivity index (χ1n) is 22.5. The lowest BCUT2D eigenvalue weighted by atomic mass is 9.87. The normalized spacial score (nSPS) is 14.0. The predicted octanol–water partition coefficient (Wildman–Crippen LogP) is 8.99. The summed E-state index contributed by atoms with van der Waals surface area (Å²) in [7, 11) is -1.44. The zero-order chi connectivity index (χ0) is 48.2. The van der Waals surface area contributed by atoms with Gasteiger partial charge < -0.3 is 30.1 Å². The smallest absolute Gasteiger partial charge is 0.248 e. The average Bonchev–Trinajstić information content (AvgIpc) is 3.19. The summed E-state index contributed by atoms with van der Waals surface area (Å²) in [6, 6.07) is 19.9. The van der Waals surface area contributed by atoms with Crippen molar-refractivity contribution in [2.75, 3.05) is 37.7 Å². The Morgan fingerprint density at radius 3 is 1.19 bits per heavy atom. The second-order valence-corrected chi connectivity index (χ2v) is 32.7. The number of amides is 4. The minimum Gasteiger partial charge on any atom is -0.404 e. The van der Waals surface area contributed by atoms with Crippen LogP contribution in [0.4, 0.5) is 0 Å². The van der Waals surface area contributed by atoms with E-state index in [1.165, 1.54) is 0 Å². The Hall–Kier alpha value is -3.29. The number of nitrogens with zero attached hydrogens (tertiary/aromatic N) is 2. The Morgan fingerprint density at radius 1 is 0.547 bits per heavy atom. The summed E-state index contributed by atoms with van der Waals surface area (Å²) in [4.78, 5) is 61.9. The van der Waals surface area contributed by atoms with E-state index in [0.29, 0.717) is 37.7 Å². The van der Waals surface area contributed by atoms with Gasteiger partial charge in [-0.2, -0.15) is 0 Å². The van der Waals surface area contributed by atoms with Crippen molar-refractivity contribution in [1.82, 2.24) is 21.3 Å². The van der Waals surface area contributed by atoms with Crippen molar-refractivity contribution in [2.24, 2.45) is 20.8 Å². The number of hydrogen-bond acceptors (Lipinski definition) is 10. The average molecular weight is 958 g/mol. The lowest BCUT2D eigenvalue weighted by molar-refractivity contribution is -0.132. The van der Waals surface area contributed by atoms with Gasteiger partial charge in [0.15, 0.2) is 16.6 Å². The van der Waals surface area contributed by atoms with Gasteiger partial charge >= 0.3 is 0 Å². The predicted molar refractivity (Wildman–Crippen MR) is 275 cm³/mol. The molecule has 0 heterocycles. The zero-order valence-corrected chi connectivity index (χ0v) is 44.9. The molecular weight excluding hydrogens is 877 g/mol. The summed E-state index contributed by atoms with van der Waals surface area (Å²) in [5, 5.41) is 11.5. The highest BCUT2D eigenvalue weighted by Crippen LogP contribution is 2.41. The molecule has 4 N–H and O–H groups in total. The molecule has 0 saturated heterocycles. The van der Waals surface area contributed by atoms with E-state index in [0.717, 1.165) is 11.1 Å². The van der Waals surface area contributed by atoms with Gasteiger partial charge in [-0.05, 0) is 47.4 Å². The van der Waals surface area contributed by atoms with Gasteiger partial charge in [0.25, 0.3) is 0 Å². The summed E-state index contributed by atoms with van der Waals surface area (Å²) in [5.74, 6) is 0.582. The Kier molecular flexibility index (Phi) is 23.2. The van der Waals surface area contributed by atoms with Crippen LogP contribution in [0.1, 0.15) is 93.2 Å². The van der Waals surface area contributed by atoms with Crippen LogP contribution < -0.4 is 21.3 Å². The van der Waals surface area contributed by atoms with E-state index in [1.807, 2.05) is 101 Å². The van der Waals surface area contributed by atoms with E-state index in [4.69, 9.17) is 8.85 Å². The molecular formula is C48H80N6O6S2Si2. The Bertz CT molecular complexity index is 1680. The molecule has 0 aliphatic heterocycles. The van der Waals surface area contributed by atoms with Gasteiger partial charge in [-0.3, -0.25) is 29.2 Å². The molecule has 2 rings (SSSR count). The molecule has 0 aromatic heterocycles. The van der Waals surface area contributed by atoms with Crippen LogP contribution in [-0.2, 0) is 41.1 Å². The summed E-state index contributed by atoms with van der Waals surface area (Å²) in [6.45, 7) is 31.6. The summed E-state index contributed by atoms with van der Waals surface area (Å²) < 4.78 is 13.4. The highest BCUT2D eigenvalue weighted by atomic mass is 33.1. The molecule has 2 aromatic rings. The molecule has 0 radical (unpaired) electrons. The SMILES string of the molecule is CC(C)(C=NCc1ccccc1)[C@@H](O[Si](C)(C)C(C)(C)C)C(=O)NCCC(=O)NCCSSCCNC(=O)CCNC(=O)[C@H](O[Si](C)(C)C(C)(C)C)C(C)(C)C=NCc1ccccc1. The van der Waals surface area contributed by atoms with E-state index in [9.17, 15) is 19.2 Å². The van der Waals surface area contributed by atoms with Crippen molar-refractivity contribution in [3.63, 3.8) is 0 Å². The zero-order valence-electron chi connectivity index (χ0n) is 41.3. The molecule has 0 saturated carbocycles. The number of hydrogen-bond donors (Lipinski definition) is 4. The molecule has 2 atom stereocenters. The number of carbonyl (C=O) groups is 4. The fourth-order valence-electron chi connectivity index (χ4n) is 5.65. The molecule has 358 valence electrons. The second-order valence-electron chi connectivity index (χ2n) is 20.5. The first-order chi connectivity index (χ1) is 29.7. The fraction of sp³-hybridized carbons (Fsp3) is 0.625. The second kappa shape index (κ2) is 26.2. The van der Waals surface area contributed by atoms with Crippen LogP contribution in [0.15, 0.2) is 70.6 Å². The third kappa shape index (κ3) is 20.5. The van der Waals surface area contributed by atoms with Crippen molar-refractivity contribution in [3.8, 4) is 0 Å². The van der Waals surface area contributed by atoms with Gasteiger partial charge in [-0.25, -0.2) is 0 Å². The lowest BCUT2D eigenvalue weighted by Crippen LogP contribution is -2.54. The molecule has 0 fully saturated rings. The largest absolute Gasteiger partial charge is 0.404 e. The molecule has 0 spiro atoms. The quantitative estimate of drug-likeness (QED) is 0.0299. The Balaban J connectivity index is 1.74. The van der Waals surface area contributed by atoms with Gasteiger partial charge in [0.1, 0.15) is 12.2 Å². The molecule has 0 unspecified atom stereocenters. The van der Waals surface area contributed by atoms with Crippen molar-refractivity contribution < 1.29 is 28.0 Å². The fourth-order valence-corrected chi connectivity index (χ4v) is 10.2. The Morgan fingerprint density at radius 2 is 0.875 bits per heavy atom. The van der Waals surface area contributed by atoms with Crippen LogP contribution in [0.2, 0.25) is 36.3 Å². The Labute approximate surface area is 395 Å². The lowest BCUT2D eigenvalue weighted by Gasteiger charge is -2.42. The van der Waals surface area contributed by atoms with Gasteiger partial charge in [-0.15, -0.1) is 0 Å². The van der Waals surface area contributed by atoms with Crippen LogP contribution >= 0.6 is 21.6 Å². The standard InChI is InChI=1S/C48H80N6O6S2Si2/c1-45(2,3)63(11,12)59-41(47(7,8)35-49-33-37-21-17-15-18-22-37)43(57)53-27-25-39(55)51-29-31-61-62-32-30-52-40(56)26-28-54-44(58)42(60-64(13,14)46(4,5)6)48(9,10)36-50-34-38-23-19-16-20-24-38/h15-24,35-36,41-42H,25-34H2,1-14H3,(H,51,55)(H,52,56)(H,53,57)(H,54,58)/t41-,42-/m0/s1. The molecule has 0 bridgehead atoms. The number of benzene rings is 2. The van der Waals surface area contributed by atoms with Gasteiger partial charge in [0.2, 0.25) is 23.6 Å². The van der Waals surface area contributed by atoms with E-state index in [1.54, 1.807) is 21.6 Å². The van der Waals surface area contributed by atoms with Crippen molar-refractivity contribution in [3.05, 3.63) is 71.8 Å². The van der Waals surface area contributed by atoms with Crippen molar-refractivity contribution in [1.29, 1.82) is 0 Å². The third-order valence-corrected chi connectivity index (χ3v) is 23.0. The maximum Gasteiger partial charge on any atom is 0.248 e. The van der Waals surface area contributed by atoms with Gasteiger partial charge in [0, 0.05) is 73.8 Å². The molecule has 12 nitrogen and oxygen atoms in total. The van der Waals surface area contributed by atoms with Gasteiger partial charge in [0.05, 0.1) is 13.1 Å². The minimum absolute atomic E-state index is 0.100. The first kappa shape index (κ1) is 56.8. The van der Waals surface area contributed by atoms with E-state index < -0.39 is 39.7 Å². The number of rotatable bonds is 27. The summed E-state index contributed by atoms with van der Waals surface area (Å²) >= 11 is 0. The maximum absolute atomic E-state index is 13.6. The van der Waals surface area contributed by atoms with Crippen LogP contribution in [0.25, 0.3) is 0 Å². The molecule has 0 aliphatic rings. The van der Waals surface area contributed by atoms with Crippen LogP contribution in [0.3, 0.4) is 0 Å². The summed E-state index contributed by atoms with van der Waals surface area (Å²) in [6.07, 6.45) is 2.41. The number of aliphatic imine (C=N–C) groups is 2. The highest BCUT2D eigenvalue weighted by Gasteiger charge is 2.46. The van der Waals surface area contributed by atoms with E-state index >= 15 is 0 Å². The molecule has 0 aliphatic carbocycles. The molecule has 64 heavy (non-hydrogen) atoms. The molecule has 4 amide bonds. The summed E-state index contributed by atoms with van der Waals surface area (Å²) in [5.41, 5.74) is 0.798. The number of carbonyl (C=O) groups excluding carboxylic acids is 4. The van der Waals surface area contributed by atoms with E-state index in [-0.39, 0.29) is 59.6 Å². The van der Waals surface area contributed by atoms with Crippen molar-refractivity contribution in [2.45, 2.75) is 144 Å². The van der Waals surface area contributed by atoms with Crippen molar-refractivity contribution >= 4 is 74.3 Å². The monoisotopic (exact) mass is 957 g/mol. The van der Waals surface area contributed by atoms with Gasteiger partial charge in [-0.1, -0.05) is 151 Å². The molecule has 2 aromatic carbocycles. The topological polar surface area (TPSA) is 160 Å². The number of nitrogens with one attached hydrogen (secondary N) is 4. The first-order valence-corrected chi connectivity index (χ1v) is 30.8. The molecule has 16 heteroatoms. The highest BCUT2D eigenvalue weighted by molar-refractivity contribution is 8.76. The third-order valence-electron chi connectivity index (χ3n) is 11.7. The van der Waals surface area contributed by atoms with Crippen LogP contribution in [0, 0.1) is 10.8 Å². The van der Waals surface area contributed by atoms with Crippen LogP contribution in [0.5, 0.6) is 0 Å².